The first-order chi connectivity index (χ1) is 12.6. The summed E-state index contributed by atoms with van der Waals surface area (Å²) >= 11 is 5.89. The lowest BCUT2D eigenvalue weighted by atomic mass is 9.96. The summed E-state index contributed by atoms with van der Waals surface area (Å²) in [5, 5.41) is 0.652. The second-order valence-corrected chi connectivity index (χ2v) is 7.01. The zero-order valence-electron chi connectivity index (χ0n) is 15.8. The average Bonchev–Trinajstić information content (AvgIpc) is 2.68. The molecule has 1 aromatic rings. The summed E-state index contributed by atoms with van der Waals surface area (Å²) in [5.41, 5.74) is 0.703. The summed E-state index contributed by atoms with van der Waals surface area (Å²) in [6.07, 6.45) is 2.79. The van der Waals surface area contributed by atoms with Crippen LogP contribution in [0.1, 0.15) is 36.5 Å². The molecule has 1 aliphatic heterocycles. The highest BCUT2D eigenvalue weighted by Crippen LogP contribution is 2.19. The van der Waals surface area contributed by atoms with Crippen LogP contribution in [0.3, 0.4) is 0 Å². The van der Waals surface area contributed by atoms with E-state index in [0.29, 0.717) is 16.5 Å². The van der Waals surface area contributed by atoms with Crippen molar-refractivity contribution < 1.29 is 9.53 Å². The highest BCUT2D eigenvalue weighted by atomic mass is 35.5. The number of nitrogens with zero attached hydrogens (tertiary/aromatic N) is 2. The lowest BCUT2D eigenvalue weighted by Gasteiger charge is -2.30. The number of likely N-dealkylation sites (tertiary alicyclic amines) is 1. The molecule has 2 rings (SSSR count). The van der Waals surface area contributed by atoms with Crippen molar-refractivity contribution in [2.24, 2.45) is 5.92 Å². The number of amides is 1. The number of carbonyl (C=O) groups excluding carboxylic acids is 1. The van der Waals surface area contributed by atoms with Gasteiger partial charge in [0, 0.05) is 56.2 Å². The van der Waals surface area contributed by atoms with Gasteiger partial charge in [-0.05, 0) is 43.7 Å². The molecule has 5 heteroatoms. The predicted molar refractivity (Wildman–Crippen MR) is 106 cm³/mol. The number of methoxy groups -OCH3 is 1. The lowest BCUT2D eigenvalue weighted by Crippen LogP contribution is -2.38. The number of rotatable bonds is 7. The van der Waals surface area contributed by atoms with Crippen molar-refractivity contribution in [3.63, 3.8) is 0 Å². The Labute approximate surface area is 162 Å². The van der Waals surface area contributed by atoms with Gasteiger partial charge in [-0.15, -0.1) is 5.92 Å². The van der Waals surface area contributed by atoms with Crippen molar-refractivity contribution in [2.75, 3.05) is 46.4 Å². The van der Waals surface area contributed by atoms with E-state index >= 15 is 0 Å². The quantitative estimate of drug-likeness (QED) is 0.682. The van der Waals surface area contributed by atoms with Crippen molar-refractivity contribution in [1.29, 1.82) is 0 Å². The van der Waals surface area contributed by atoms with Crippen LogP contribution in [0.25, 0.3) is 0 Å². The lowest BCUT2D eigenvalue weighted by molar-refractivity contribution is 0.0708. The van der Waals surface area contributed by atoms with Gasteiger partial charge >= 0.3 is 0 Å². The van der Waals surface area contributed by atoms with Gasteiger partial charge in [-0.3, -0.25) is 4.79 Å². The van der Waals surface area contributed by atoms with E-state index in [-0.39, 0.29) is 5.91 Å². The summed E-state index contributed by atoms with van der Waals surface area (Å²) in [6.45, 7) is 7.44. The molecule has 0 aliphatic carbocycles. The highest BCUT2D eigenvalue weighted by Gasteiger charge is 2.22. The minimum atomic E-state index is 0.0878. The third kappa shape index (κ3) is 6.64. The van der Waals surface area contributed by atoms with E-state index in [1.807, 2.05) is 4.90 Å². The molecule has 1 aliphatic rings. The first-order valence-corrected chi connectivity index (χ1v) is 9.76. The van der Waals surface area contributed by atoms with Crippen LogP contribution in [0.2, 0.25) is 5.02 Å². The normalized spacial score (nSPS) is 15.0. The van der Waals surface area contributed by atoms with Gasteiger partial charge in [-0.1, -0.05) is 24.4 Å². The molecular weight excluding hydrogens is 348 g/mol. The Morgan fingerprint density at radius 2 is 1.96 bits per heavy atom. The first-order valence-electron chi connectivity index (χ1n) is 9.38. The minimum absolute atomic E-state index is 0.0878. The number of halogens is 1. The zero-order chi connectivity index (χ0) is 18.8. The van der Waals surface area contributed by atoms with E-state index in [2.05, 4.69) is 23.7 Å². The van der Waals surface area contributed by atoms with Gasteiger partial charge in [0.1, 0.15) is 0 Å². The molecule has 142 valence electrons. The van der Waals surface area contributed by atoms with Crippen LogP contribution in [0.5, 0.6) is 0 Å². The van der Waals surface area contributed by atoms with E-state index in [9.17, 15) is 4.79 Å². The molecule has 1 heterocycles. The molecule has 0 atom stereocenters. The molecular formula is C21H29ClN2O2. The Balaban J connectivity index is 1.73. The van der Waals surface area contributed by atoms with Crippen LogP contribution in [0, 0.1) is 17.8 Å². The Kier molecular flexibility index (Phi) is 8.97. The summed E-state index contributed by atoms with van der Waals surface area (Å²) in [5.74, 6) is 7.22. The number of hydrogen-bond acceptors (Lipinski definition) is 3. The second-order valence-electron chi connectivity index (χ2n) is 6.57. The molecule has 0 spiro atoms. The van der Waals surface area contributed by atoms with Crippen molar-refractivity contribution in [2.45, 2.75) is 26.2 Å². The van der Waals surface area contributed by atoms with Gasteiger partial charge in [0.15, 0.2) is 0 Å². The van der Waals surface area contributed by atoms with Gasteiger partial charge in [-0.25, -0.2) is 0 Å². The maximum Gasteiger partial charge on any atom is 0.253 e. The van der Waals surface area contributed by atoms with E-state index in [1.54, 1.807) is 31.4 Å². The van der Waals surface area contributed by atoms with Crippen LogP contribution in [0.4, 0.5) is 0 Å². The number of piperidine rings is 1. The molecule has 4 nitrogen and oxygen atoms in total. The molecule has 1 aromatic carbocycles. The van der Waals surface area contributed by atoms with E-state index in [4.69, 9.17) is 16.3 Å². The van der Waals surface area contributed by atoms with Crippen LogP contribution in [-0.2, 0) is 4.74 Å². The van der Waals surface area contributed by atoms with Gasteiger partial charge in [0.05, 0.1) is 6.61 Å². The van der Waals surface area contributed by atoms with Gasteiger partial charge < -0.3 is 14.5 Å². The molecule has 0 N–H and O–H groups in total. The molecule has 0 radical (unpaired) electrons. The number of likely N-dealkylation sites (N-methyl/N-ethyl adjacent to an activating group) is 1. The minimum Gasteiger partial charge on any atom is -0.383 e. The molecule has 1 fully saturated rings. The van der Waals surface area contributed by atoms with Crippen molar-refractivity contribution in [1.82, 2.24) is 9.80 Å². The van der Waals surface area contributed by atoms with Crippen LogP contribution < -0.4 is 0 Å². The summed E-state index contributed by atoms with van der Waals surface area (Å²) in [7, 11) is 1.73. The second kappa shape index (κ2) is 11.2. The monoisotopic (exact) mass is 376 g/mol. The Bertz CT molecular complexity index is 613. The van der Waals surface area contributed by atoms with Crippen LogP contribution in [-0.4, -0.2) is 62.1 Å². The van der Waals surface area contributed by atoms with E-state index < -0.39 is 0 Å². The van der Waals surface area contributed by atoms with Gasteiger partial charge in [0.2, 0.25) is 0 Å². The molecule has 0 unspecified atom stereocenters. The van der Waals surface area contributed by atoms with Crippen molar-refractivity contribution in [3.8, 4) is 11.8 Å². The smallest absolute Gasteiger partial charge is 0.253 e. The van der Waals surface area contributed by atoms with E-state index in [0.717, 1.165) is 58.6 Å². The maximum absolute atomic E-state index is 12.5. The summed E-state index contributed by atoms with van der Waals surface area (Å²) in [6, 6.07) is 7.11. The number of hydrogen-bond donors (Lipinski definition) is 0. The Hall–Kier alpha value is -1.54. The van der Waals surface area contributed by atoms with Crippen molar-refractivity contribution >= 4 is 17.5 Å². The first kappa shape index (κ1) is 20.8. The molecule has 1 amide bonds. The fourth-order valence-corrected chi connectivity index (χ4v) is 3.21. The summed E-state index contributed by atoms with van der Waals surface area (Å²) < 4.78 is 5.13. The highest BCUT2D eigenvalue weighted by molar-refractivity contribution is 6.30. The topological polar surface area (TPSA) is 32.8 Å². The molecule has 0 bridgehead atoms. The number of carbonyl (C=O) groups is 1. The predicted octanol–water partition coefficient (Wildman–Crippen LogP) is 3.55. The average molecular weight is 377 g/mol. The molecule has 0 aromatic heterocycles. The molecule has 1 saturated heterocycles. The van der Waals surface area contributed by atoms with Crippen LogP contribution >= 0.6 is 11.6 Å². The third-order valence-corrected chi connectivity index (χ3v) is 5.04. The fraction of sp³-hybridized carbons (Fsp3) is 0.571. The maximum atomic E-state index is 12.5. The van der Waals surface area contributed by atoms with E-state index in [1.165, 1.54) is 0 Å². The standard InChI is InChI=1S/C21H29ClN2O2/c1-3-23(16-17-26-2)13-5-4-6-18-11-14-24(15-12-18)21(25)19-7-9-20(22)10-8-19/h7-10,18H,3,5,11-17H2,1-2H3. The zero-order valence-corrected chi connectivity index (χ0v) is 16.6. The van der Waals surface area contributed by atoms with Gasteiger partial charge in [0.25, 0.3) is 5.91 Å². The third-order valence-electron chi connectivity index (χ3n) is 4.79. The largest absolute Gasteiger partial charge is 0.383 e. The molecule has 26 heavy (non-hydrogen) atoms. The Morgan fingerprint density at radius 3 is 2.58 bits per heavy atom. The fourth-order valence-electron chi connectivity index (χ4n) is 3.08. The van der Waals surface area contributed by atoms with Crippen LogP contribution in [0.15, 0.2) is 24.3 Å². The number of benzene rings is 1. The summed E-state index contributed by atoms with van der Waals surface area (Å²) in [4.78, 5) is 16.8. The number of ether oxygens (including phenoxy) is 1. The van der Waals surface area contributed by atoms with Crippen molar-refractivity contribution in [3.05, 3.63) is 34.9 Å². The SMILES string of the molecule is CCN(CCC#CC1CCN(C(=O)c2ccc(Cl)cc2)CC1)CCOC. The Morgan fingerprint density at radius 1 is 1.27 bits per heavy atom. The van der Waals surface area contributed by atoms with Gasteiger partial charge in [-0.2, -0.15) is 0 Å². The molecule has 0 saturated carbocycles.